The quantitative estimate of drug-likeness (QED) is 0.683. The zero-order valence-electron chi connectivity index (χ0n) is 15.2. The lowest BCUT2D eigenvalue weighted by molar-refractivity contribution is -0.113. The number of aromatic nitrogens is 1. The predicted octanol–water partition coefficient (Wildman–Crippen LogP) is 2.53. The van der Waals surface area contributed by atoms with Crippen LogP contribution in [0.1, 0.15) is 18.5 Å². The molecule has 0 unspecified atom stereocenters. The Morgan fingerprint density at radius 2 is 2.00 bits per heavy atom. The number of nitrogens with zero attached hydrogens (tertiary/aromatic N) is 1. The van der Waals surface area contributed by atoms with Crippen LogP contribution >= 0.6 is 12.2 Å². The standard InChI is InChI=1S/C19H20N4O3S/c1-11-15(18(24)22-14-9-4-5-10-20-14)16(23-19(27)21-11)12-7-6-8-13(25-2)17(12)26-3/h4-10,16H,1-3H3,(H,20,22,24)(H2,21,23,27)/t16-/m0/s1. The summed E-state index contributed by atoms with van der Waals surface area (Å²) in [5.41, 5.74) is 1.88. The van der Waals surface area contributed by atoms with Crippen molar-refractivity contribution in [2.75, 3.05) is 19.5 Å². The first-order valence-corrected chi connectivity index (χ1v) is 8.67. The molecule has 0 spiro atoms. The number of carbonyl (C=O) groups excluding carboxylic acids is 1. The van der Waals surface area contributed by atoms with Crippen molar-refractivity contribution >= 4 is 29.1 Å². The Labute approximate surface area is 162 Å². The fraction of sp³-hybridized carbons (Fsp3) is 0.211. The molecule has 1 aliphatic rings. The highest BCUT2D eigenvalue weighted by Gasteiger charge is 2.32. The predicted molar refractivity (Wildman–Crippen MR) is 107 cm³/mol. The summed E-state index contributed by atoms with van der Waals surface area (Å²) < 4.78 is 10.9. The van der Waals surface area contributed by atoms with Crippen LogP contribution in [0.3, 0.4) is 0 Å². The monoisotopic (exact) mass is 384 g/mol. The summed E-state index contributed by atoms with van der Waals surface area (Å²) in [6, 6.07) is 10.3. The molecule has 7 nitrogen and oxygen atoms in total. The van der Waals surface area contributed by atoms with Crippen molar-refractivity contribution in [3.8, 4) is 11.5 Å². The van der Waals surface area contributed by atoms with E-state index < -0.39 is 6.04 Å². The first-order chi connectivity index (χ1) is 13.0. The van der Waals surface area contributed by atoms with Crippen molar-refractivity contribution < 1.29 is 14.3 Å². The zero-order valence-corrected chi connectivity index (χ0v) is 16.0. The molecule has 1 aromatic carbocycles. The molecule has 1 amide bonds. The number of ether oxygens (including phenoxy) is 2. The second-order valence-corrected chi connectivity index (χ2v) is 6.23. The number of carbonyl (C=O) groups is 1. The third-order valence-electron chi connectivity index (χ3n) is 4.16. The third-order valence-corrected chi connectivity index (χ3v) is 4.38. The molecule has 1 aromatic heterocycles. The van der Waals surface area contributed by atoms with Crippen molar-refractivity contribution in [1.82, 2.24) is 15.6 Å². The molecule has 1 aliphatic heterocycles. The number of rotatable bonds is 5. The lowest BCUT2D eigenvalue weighted by Crippen LogP contribution is -2.45. The van der Waals surface area contributed by atoms with Crippen LogP contribution in [0.2, 0.25) is 0 Å². The Bertz CT molecular complexity index is 899. The van der Waals surface area contributed by atoms with Gasteiger partial charge >= 0.3 is 0 Å². The number of anilines is 1. The van der Waals surface area contributed by atoms with Crippen molar-refractivity contribution in [3.05, 3.63) is 59.4 Å². The molecule has 3 rings (SSSR count). The van der Waals surface area contributed by atoms with Gasteiger partial charge in [0.2, 0.25) is 0 Å². The van der Waals surface area contributed by atoms with E-state index in [0.717, 1.165) is 5.56 Å². The minimum atomic E-state index is -0.507. The van der Waals surface area contributed by atoms with E-state index in [0.29, 0.717) is 33.7 Å². The molecule has 0 saturated carbocycles. The molecule has 1 atom stereocenters. The highest BCUT2D eigenvalue weighted by Crippen LogP contribution is 2.38. The number of thiocarbonyl (C=S) groups is 1. The zero-order chi connectivity index (χ0) is 19.4. The lowest BCUT2D eigenvalue weighted by atomic mass is 9.94. The van der Waals surface area contributed by atoms with E-state index in [1.807, 2.05) is 12.1 Å². The third kappa shape index (κ3) is 3.85. The van der Waals surface area contributed by atoms with Gasteiger partial charge in [-0.2, -0.15) is 0 Å². The maximum absolute atomic E-state index is 13.0. The van der Waals surface area contributed by atoms with Gasteiger partial charge in [0.05, 0.1) is 25.8 Å². The van der Waals surface area contributed by atoms with E-state index in [1.54, 1.807) is 51.6 Å². The van der Waals surface area contributed by atoms with Gasteiger partial charge in [-0.25, -0.2) is 4.98 Å². The van der Waals surface area contributed by atoms with Crippen LogP contribution in [0.25, 0.3) is 0 Å². The topological polar surface area (TPSA) is 84.5 Å². The van der Waals surface area contributed by atoms with E-state index in [9.17, 15) is 4.79 Å². The maximum Gasteiger partial charge on any atom is 0.256 e. The molecule has 8 heteroatoms. The fourth-order valence-electron chi connectivity index (χ4n) is 2.99. The lowest BCUT2D eigenvalue weighted by Gasteiger charge is -2.31. The Balaban J connectivity index is 2.04. The SMILES string of the molecule is COc1cccc([C@@H]2NC(=S)NC(C)=C2C(=O)Nc2ccccn2)c1OC. The second-order valence-electron chi connectivity index (χ2n) is 5.82. The van der Waals surface area contributed by atoms with Crippen molar-refractivity contribution in [1.29, 1.82) is 0 Å². The van der Waals surface area contributed by atoms with Gasteiger partial charge in [-0.3, -0.25) is 4.79 Å². The van der Waals surface area contributed by atoms with Gasteiger partial charge in [0.25, 0.3) is 5.91 Å². The van der Waals surface area contributed by atoms with E-state index >= 15 is 0 Å². The summed E-state index contributed by atoms with van der Waals surface area (Å²) in [4.78, 5) is 17.2. The average Bonchev–Trinajstić information content (AvgIpc) is 2.67. The molecule has 2 heterocycles. The van der Waals surface area contributed by atoms with Crippen LogP contribution in [0.15, 0.2) is 53.9 Å². The first kappa shape index (κ1) is 18.7. The van der Waals surface area contributed by atoms with E-state index in [1.165, 1.54) is 0 Å². The Hall–Kier alpha value is -3.13. The van der Waals surface area contributed by atoms with Crippen LogP contribution in [0.5, 0.6) is 11.5 Å². The highest BCUT2D eigenvalue weighted by molar-refractivity contribution is 7.80. The second kappa shape index (κ2) is 8.05. The van der Waals surface area contributed by atoms with Crippen molar-refractivity contribution in [3.63, 3.8) is 0 Å². The number of benzene rings is 1. The fourth-order valence-corrected chi connectivity index (χ4v) is 3.26. The van der Waals surface area contributed by atoms with Gasteiger partial charge in [-0.1, -0.05) is 18.2 Å². The maximum atomic E-state index is 13.0. The normalized spacial score (nSPS) is 16.3. The number of nitrogens with one attached hydrogen (secondary N) is 3. The Morgan fingerprint density at radius 1 is 1.19 bits per heavy atom. The largest absolute Gasteiger partial charge is 0.493 e. The highest BCUT2D eigenvalue weighted by atomic mass is 32.1. The summed E-state index contributed by atoms with van der Waals surface area (Å²) >= 11 is 5.30. The van der Waals surface area contributed by atoms with Crippen LogP contribution < -0.4 is 25.4 Å². The van der Waals surface area contributed by atoms with Gasteiger partial charge in [0.15, 0.2) is 16.6 Å². The summed E-state index contributed by atoms with van der Waals surface area (Å²) in [6.45, 7) is 1.81. The Kier molecular flexibility index (Phi) is 5.56. The van der Waals surface area contributed by atoms with Gasteiger partial charge in [-0.05, 0) is 37.3 Å². The van der Waals surface area contributed by atoms with E-state index in [2.05, 4.69) is 20.9 Å². The summed E-state index contributed by atoms with van der Waals surface area (Å²) in [5, 5.41) is 9.41. The van der Waals surface area contributed by atoms with Crippen LogP contribution in [-0.2, 0) is 4.79 Å². The van der Waals surface area contributed by atoms with Crippen LogP contribution in [0.4, 0.5) is 5.82 Å². The summed E-state index contributed by atoms with van der Waals surface area (Å²) in [7, 11) is 3.13. The number of allylic oxidation sites excluding steroid dienone is 1. The molecule has 0 aliphatic carbocycles. The summed E-state index contributed by atoms with van der Waals surface area (Å²) in [5.74, 6) is 1.29. The van der Waals surface area contributed by atoms with Gasteiger partial charge in [-0.15, -0.1) is 0 Å². The molecular weight excluding hydrogens is 364 g/mol. The molecule has 0 radical (unpaired) electrons. The van der Waals surface area contributed by atoms with E-state index in [-0.39, 0.29) is 5.91 Å². The van der Waals surface area contributed by atoms with Crippen LogP contribution in [-0.4, -0.2) is 30.2 Å². The number of pyridine rings is 1. The minimum Gasteiger partial charge on any atom is -0.493 e. The number of hydrogen-bond donors (Lipinski definition) is 3. The molecule has 3 N–H and O–H groups in total. The van der Waals surface area contributed by atoms with Gasteiger partial charge in [0.1, 0.15) is 5.82 Å². The number of para-hydroxylation sites is 1. The number of amides is 1. The van der Waals surface area contributed by atoms with Crippen molar-refractivity contribution in [2.45, 2.75) is 13.0 Å². The molecule has 0 bridgehead atoms. The smallest absolute Gasteiger partial charge is 0.256 e. The van der Waals surface area contributed by atoms with E-state index in [4.69, 9.17) is 21.7 Å². The molecule has 0 saturated heterocycles. The summed E-state index contributed by atoms with van der Waals surface area (Å²) in [6.07, 6.45) is 1.62. The molecule has 0 fully saturated rings. The number of methoxy groups -OCH3 is 2. The molecule has 2 aromatic rings. The van der Waals surface area contributed by atoms with Crippen LogP contribution in [0, 0.1) is 0 Å². The average molecular weight is 384 g/mol. The molecule has 140 valence electrons. The molecule has 27 heavy (non-hydrogen) atoms. The Morgan fingerprint density at radius 3 is 2.67 bits per heavy atom. The first-order valence-electron chi connectivity index (χ1n) is 8.26. The molecular formula is C19H20N4O3S. The van der Waals surface area contributed by atoms with Gasteiger partial charge in [0, 0.05) is 17.5 Å². The minimum absolute atomic E-state index is 0.288. The van der Waals surface area contributed by atoms with Crippen molar-refractivity contribution in [2.24, 2.45) is 0 Å². The number of hydrogen-bond acceptors (Lipinski definition) is 5. The van der Waals surface area contributed by atoms with Gasteiger partial charge < -0.3 is 25.4 Å².